The summed E-state index contributed by atoms with van der Waals surface area (Å²) in [6.07, 6.45) is 0. The number of hydrogen-bond donors (Lipinski definition) is 0. The van der Waals surface area contributed by atoms with Crippen molar-refractivity contribution in [3.63, 3.8) is 0 Å². The fraction of sp³-hybridized carbons (Fsp3) is 0.400. The molecule has 0 aromatic heterocycles. The van der Waals surface area contributed by atoms with Crippen molar-refractivity contribution in [2.75, 3.05) is 0 Å². The molecule has 0 saturated heterocycles. The van der Waals surface area contributed by atoms with Crippen LogP contribution >= 0.6 is 0 Å². The van der Waals surface area contributed by atoms with E-state index in [1.807, 2.05) is 25.1 Å². The van der Waals surface area contributed by atoms with Crippen molar-refractivity contribution >= 4 is 9.84 Å². The number of sulfone groups is 1. The Labute approximate surface area is 78.5 Å². The van der Waals surface area contributed by atoms with Gasteiger partial charge in [-0.1, -0.05) is 23.8 Å². The van der Waals surface area contributed by atoms with E-state index in [-0.39, 0.29) is 11.0 Å². The van der Waals surface area contributed by atoms with E-state index in [0.29, 0.717) is 0 Å². The van der Waals surface area contributed by atoms with E-state index < -0.39 is 9.84 Å². The first-order valence-electron chi connectivity index (χ1n) is 4.32. The van der Waals surface area contributed by atoms with Gasteiger partial charge in [0.1, 0.15) is 0 Å². The Bertz CT molecular complexity index is 446. The van der Waals surface area contributed by atoms with E-state index in [2.05, 4.69) is 0 Å². The first-order valence-corrected chi connectivity index (χ1v) is 6.03. The van der Waals surface area contributed by atoms with Crippen LogP contribution in [0, 0.1) is 6.92 Å². The first-order chi connectivity index (χ1) is 6.00. The average Bonchev–Trinajstić information content (AvgIpc) is 2.22. The lowest BCUT2D eigenvalue weighted by Gasteiger charge is -2.02. The summed E-state index contributed by atoms with van der Waals surface area (Å²) in [5, 5.41) is -0.317. The predicted octanol–water partition coefficient (Wildman–Crippen LogP) is 1.98. The molecule has 1 atom stereocenters. The normalized spacial score (nSPS) is 24.3. The molecule has 0 N–H and O–H groups in total. The third-order valence-electron chi connectivity index (χ3n) is 2.63. The standard InChI is InChI=1S/C10H12O2S/c1-7-3-4-10-8(2)13(11,12)6-9(10)5-7/h3-5,8H,6H2,1-2H3/t8-/m0/s1. The highest BCUT2D eigenvalue weighted by Gasteiger charge is 2.32. The largest absolute Gasteiger partial charge is 0.228 e. The molecule has 1 aromatic rings. The van der Waals surface area contributed by atoms with Crippen molar-refractivity contribution in [1.82, 2.24) is 0 Å². The summed E-state index contributed by atoms with van der Waals surface area (Å²) in [4.78, 5) is 0. The lowest BCUT2D eigenvalue weighted by molar-refractivity contribution is 0.590. The summed E-state index contributed by atoms with van der Waals surface area (Å²) in [7, 11) is -2.90. The van der Waals surface area contributed by atoms with Crippen molar-refractivity contribution < 1.29 is 8.42 Å². The molecule has 0 unspecified atom stereocenters. The van der Waals surface area contributed by atoms with Crippen LogP contribution in [0.4, 0.5) is 0 Å². The zero-order valence-corrected chi connectivity index (χ0v) is 8.56. The van der Waals surface area contributed by atoms with E-state index in [9.17, 15) is 8.42 Å². The van der Waals surface area contributed by atoms with Gasteiger partial charge in [-0.2, -0.15) is 0 Å². The fourth-order valence-corrected chi connectivity index (χ4v) is 3.34. The van der Waals surface area contributed by atoms with Gasteiger partial charge in [0.25, 0.3) is 0 Å². The summed E-state index contributed by atoms with van der Waals surface area (Å²) in [6, 6.07) is 5.87. The van der Waals surface area contributed by atoms with Gasteiger partial charge in [-0.3, -0.25) is 0 Å². The van der Waals surface area contributed by atoms with Crippen LogP contribution < -0.4 is 0 Å². The molecule has 2 rings (SSSR count). The van der Waals surface area contributed by atoms with Crippen molar-refractivity contribution in [3.8, 4) is 0 Å². The van der Waals surface area contributed by atoms with Crippen LogP contribution in [0.15, 0.2) is 18.2 Å². The van der Waals surface area contributed by atoms with E-state index in [1.54, 1.807) is 6.92 Å². The second-order valence-corrected chi connectivity index (χ2v) is 5.97. The summed E-state index contributed by atoms with van der Waals surface area (Å²) in [5.41, 5.74) is 3.08. The highest BCUT2D eigenvalue weighted by Crippen LogP contribution is 2.35. The molecular formula is C10H12O2S. The molecule has 1 aliphatic heterocycles. The molecule has 0 aliphatic carbocycles. The van der Waals surface area contributed by atoms with Gasteiger partial charge >= 0.3 is 0 Å². The predicted molar refractivity (Wildman–Crippen MR) is 52.2 cm³/mol. The smallest absolute Gasteiger partial charge is 0.161 e. The molecule has 0 fully saturated rings. The van der Waals surface area contributed by atoms with Crippen LogP contribution in [0.5, 0.6) is 0 Å². The number of aryl methyl sites for hydroxylation is 1. The van der Waals surface area contributed by atoms with Gasteiger partial charge in [-0.25, -0.2) is 8.42 Å². The fourth-order valence-electron chi connectivity index (χ4n) is 1.79. The number of rotatable bonds is 0. The van der Waals surface area contributed by atoms with Gasteiger partial charge in [0.05, 0.1) is 11.0 Å². The van der Waals surface area contributed by atoms with Crippen LogP contribution in [0.3, 0.4) is 0 Å². The summed E-state index contributed by atoms with van der Waals surface area (Å²) in [6.45, 7) is 3.74. The van der Waals surface area contributed by atoms with Crippen LogP contribution in [-0.4, -0.2) is 8.42 Å². The topological polar surface area (TPSA) is 34.1 Å². The zero-order chi connectivity index (χ0) is 9.64. The Morgan fingerprint density at radius 1 is 1.38 bits per heavy atom. The van der Waals surface area contributed by atoms with Gasteiger partial charge in [0.2, 0.25) is 0 Å². The van der Waals surface area contributed by atoms with Crippen LogP contribution in [0.1, 0.15) is 28.9 Å². The molecule has 2 nitrogen and oxygen atoms in total. The Balaban J connectivity index is 2.63. The maximum atomic E-state index is 11.5. The summed E-state index contributed by atoms with van der Waals surface area (Å²) in [5.74, 6) is 0.213. The minimum Gasteiger partial charge on any atom is -0.228 e. The zero-order valence-electron chi connectivity index (χ0n) is 7.74. The minimum absolute atomic E-state index is 0.213. The molecule has 1 aromatic carbocycles. The van der Waals surface area contributed by atoms with Crippen LogP contribution in [-0.2, 0) is 15.6 Å². The molecule has 0 spiro atoms. The van der Waals surface area contributed by atoms with Crippen molar-refractivity contribution in [1.29, 1.82) is 0 Å². The number of fused-ring (bicyclic) bond motifs is 1. The minimum atomic E-state index is -2.90. The summed E-state index contributed by atoms with van der Waals surface area (Å²) < 4.78 is 23.1. The number of hydrogen-bond acceptors (Lipinski definition) is 2. The molecule has 0 amide bonds. The van der Waals surface area contributed by atoms with Gasteiger partial charge in [0, 0.05) is 0 Å². The Hall–Kier alpha value is -0.830. The maximum absolute atomic E-state index is 11.5. The Kier molecular flexibility index (Phi) is 1.74. The van der Waals surface area contributed by atoms with E-state index in [4.69, 9.17) is 0 Å². The molecule has 1 aliphatic rings. The van der Waals surface area contributed by atoms with Gasteiger partial charge in [-0.15, -0.1) is 0 Å². The van der Waals surface area contributed by atoms with Crippen molar-refractivity contribution in [2.45, 2.75) is 24.9 Å². The van der Waals surface area contributed by atoms with Crippen molar-refractivity contribution in [2.24, 2.45) is 0 Å². The second kappa shape index (κ2) is 2.58. The second-order valence-electron chi connectivity index (χ2n) is 3.65. The average molecular weight is 196 g/mol. The monoisotopic (exact) mass is 196 g/mol. The molecule has 0 radical (unpaired) electrons. The Morgan fingerprint density at radius 2 is 2.08 bits per heavy atom. The lowest BCUT2D eigenvalue weighted by Crippen LogP contribution is -2.01. The van der Waals surface area contributed by atoms with Crippen molar-refractivity contribution in [3.05, 3.63) is 34.9 Å². The quantitative estimate of drug-likeness (QED) is 0.636. The molecule has 13 heavy (non-hydrogen) atoms. The third kappa shape index (κ3) is 1.27. The Morgan fingerprint density at radius 3 is 2.77 bits per heavy atom. The molecule has 0 saturated carbocycles. The SMILES string of the molecule is Cc1ccc2c(c1)CS(=O)(=O)[C@H]2C. The molecule has 70 valence electrons. The van der Waals surface area contributed by atoms with Crippen LogP contribution in [0.2, 0.25) is 0 Å². The molecule has 0 bridgehead atoms. The lowest BCUT2D eigenvalue weighted by atomic mass is 10.0. The van der Waals surface area contributed by atoms with Crippen LogP contribution in [0.25, 0.3) is 0 Å². The maximum Gasteiger partial charge on any atom is 0.161 e. The first kappa shape index (κ1) is 8.75. The van der Waals surface area contributed by atoms with E-state index in [0.717, 1.165) is 16.7 Å². The van der Waals surface area contributed by atoms with Gasteiger partial charge < -0.3 is 0 Å². The molecular weight excluding hydrogens is 184 g/mol. The van der Waals surface area contributed by atoms with Gasteiger partial charge in [0.15, 0.2) is 9.84 Å². The van der Waals surface area contributed by atoms with E-state index >= 15 is 0 Å². The third-order valence-corrected chi connectivity index (χ3v) is 4.68. The molecule has 1 heterocycles. The summed E-state index contributed by atoms with van der Waals surface area (Å²) >= 11 is 0. The molecule has 3 heteroatoms. The highest BCUT2D eigenvalue weighted by molar-refractivity contribution is 7.91. The highest BCUT2D eigenvalue weighted by atomic mass is 32.2. The number of benzene rings is 1. The van der Waals surface area contributed by atoms with E-state index in [1.165, 1.54) is 0 Å². The van der Waals surface area contributed by atoms with Gasteiger partial charge in [-0.05, 0) is 25.0 Å².